The van der Waals surface area contributed by atoms with Crippen LogP contribution in [0.4, 0.5) is 5.69 Å². The maximum absolute atomic E-state index is 12.7. The van der Waals surface area contributed by atoms with Crippen LogP contribution < -0.4 is 5.32 Å². The van der Waals surface area contributed by atoms with Gasteiger partial charge in [-0.1, -0.05) is 15.9 Å². The molecule has 5 nitrogen and oxygen atoms in total. The summed E-state index contributed by atoms with van der Waals surface area (Å²) in [5.41, 5.74) is 2.85. The van der Waals surface area contributed by atoms with E-state index in [-0.39, 0.29) is 42.5 Å². The van der Waals surface area contributed by atoms with Crippen LogP contribution in [0.5, 0.6) is 0 Å². The lowest BCUT2D eigenvalue weighted by Gasteiger charge is -2.19. The number of carbonyl (C=O) groups excluding carboxylic acids is 3. The number of fused-ring (bicyclic) bond motifs is 5. The molecule has 3 aliphatic rings. The molecule has 0 unspecified atom stereocenters. The highest BCUT2D eigenvalue weighted by molar-refractivity contribution is 9.10. The molecular weight excluding hydrogens is 396 g/mol. The van der Waals surface area contributed by atoms with Gasteiger partial charge >= 0.3 is 0 Å². The first-order chi connectivity index (χ1) is 12.4. The van der Waals surface area contributed by atoms with E-state index in [1.807, 2.05) is 26.0 Å². The van der Waals surface area contributed by atoms with Crippen LogP contribution in [0.1, 0.15) is 36.8 Å². The fourth-order valence-corrected chi connectivity index (χ4v) is 5.47. The van der Waals surface area contributed by atoms with Crippen molar-refractivity contribution in [3.05, 3.63) is 27.7 Å². The van der Waals surface area contributed by atoms with E-state index in [9.17, 15) is 14.4 Å². The van der Waals surface area contributed by atoms with Crippen LogP contribution in [0.25, 0.3) is 0 Å². The number of likely N-dealkylation sites (tertiary alicyclic amines) is 1. The fourth-order valence-electron chi connectivity index (χ4n) is 5.04. The predicted octanol–water partition coefficient (Wildman–Crippen LogP) is 3.43. The van der Waals surface area contributed by atoms with Gasteiger partial charge in [0.05, 0.1) is 11.8 Å². The lowest BCUT2D eigenvalue weighted by molar-refractivity contribution is -0.140. The molecule has 1 aromatic carbocycles. The van der Waals surface area contributed by atoms with Gasteiger partial charge in [0.1, 0.15) is 0 Å². The molecule has 0 radical (unpaired) electrons. The third-order valence-electron chi connectivity index (χ3n) is 6.58. The van der Waals surface area contributed by atoms with E-state index in [0.717, 1.165) is 40.5 Å². The van der Waals surface area contributed by atoms with Crippen molar-refractivity contribution in [2.24, 2.45) is 23.7 Å². The Morgan fingerprint density at radius 2 is 1.73 bits per heavy atom. The monoisotopic (exact) mass is 418 g/mol. The zero-order valence-corrected chi connectivity index (χ0v) is 16.6. The van der Waals surface area contributed by atoms with E-state index < -0.39 is 0 Å². The number of nitrogens with zero attached hydrogens (tertiary/aromatic N) is 1. The van der Waals surface area contributed by atoms with Crippen molar-refractivity contribution in [3.8, 4) is 0 Å². The van der Waals surface area contributed by atoms with Gasteiger partial charge in [-0.15, -0.1) is 0 Å². The van der Waals surface area contributed by atoms with Crippen LogP contribution in [0.3, 0.4) is 0 Å². The van der Waals surface area contributed by atoms with Gasteiger partial charge in [0.2, 0.25) is 17.7 Å². The summed E-state index contributed by atoms with van der Waals surface area (Å²) < 4.78 is 1.00. The van der Waals surface area contributed by atoms with E-state index in [4.69, 9.17) is 0 Å². The van der Waals surface area contributed by atoms with Crippen molar-refractivity contribution >= 4 is 39.3 Å². The summed E-state index contributed by atoms with van der Waals surface area (Å²) in [5.74, 6) is 0.283. The van der Waals surface area contributed by atoms with E-state index >= 15 is 0 Å². The molecular formula is C20H23BrN2O3. The van der Waals surface area contributed by atoms with E-state index in [1.54, 1.807) is 0 Å². The molecule has 1 heterocycles. The Morgan fingerprint density at radius 3 is 2.35 bits per heavy atom. The Balaban J connectivity index is 1.39. The third-order valence-corrected chi connectivity index (χ3v) is 7.44. The van der Waals surface area contributed by atoms with Crippen molar-refractivity contribution in [2.75, 3.05) is 11.9 Å². The molecule has 0 spiro atoms. The van der Waals surface area contributed by atoms with Crippen LogP contribution in [0, 0.1) is 37.5 Å². The fraction of sp³-hybridized carbons (Fsp3) is 0.550. The van der Waals surface area contributed by atoms with Gasteiger partial charge in [0.25, 0.3) is 0 Å². The van der Waals surface area contributed by atoms with Gasteiger partial charge in [-0.05, 0) is 68.2 Å². The molecule has 1 N–H and O–H groups in total. The molecule has 1 saturated heterocycles. The number of anilines is 1. The second kappa shape index (κ2) is 6.48. The lowest BCUT2D eigenvalue weighted by atomic mass is 9.81. The van der Waals surface area contributed by atoms with Gasteiger partial charge in [0.15, 0.2) is 0 Å². The van der Waals surface area contributed by atoms with Crippen molar-refractivity contribution in [1.29, 1.82) is 0 Å². The third kappa shape index (κ3) is 2.70. The summed E-state index contributed by atoms with van der Waals surface area (Å²) in [6.45, 7) is 4.13. The molecule has 3 amide bonds. The van der Waals surface area contributed by atoms with Gasteiger partial charge in [-0.3, -0.25) is 19.3 Å². The largest absolute Gasteiger partial charge is 0.326 e. The highest BCUT2D eigenvalue weighted by atomic mass is 79.9. The summed E-state index contributed by atoms with van der Waals surface area (Å²) in [6, 6.07) is 3.76. The summed E-state index contributed by atoms with van der Waals surface area (Å²) in [4.78, 5) is 39.0. The van der Waals surface area contributed by atoms with Crippen molar-refractivity contribution in [1.82, 2.24) is 4.90 Å². The van der Waals surface area contributed by atoms with Crippen LogP contribution >= 0.6 is 15.9 Å². The summed E-state index contributed by atoms with van der Waals surface area (Å²) in [5, 5.41) is 2.90. The number of imide groups is 1. The van der Waals surface area contributed by atoms with Gasteiger partial charge in [0, 0.05) is 23.1 Å². The molecule has 1 aromatic rings. The highest BCUT2D eigenvalue weighted by Crippen LogP contribution is 2.56. The van der Waals surface area contributed by atoms with E-state index in [0.29, 0.717) is 11.8 Å². The summed E-state index contributed by atoms with van der Waals surface area (Å²) in [6.07, 6.45) is 3.31. The Hall–Kier alpha value is -1.69. The Bertz CT molecular complexity index is 778. The number of hydrogen-bond acceptors (Lipinski definition) is 3. The minimum Gasteiger partial charge on any atom is -0.326 e. The number of carbonyl (C=O) groups is 3. The van der Waals surface area contributed by atoms with Gasteiger partial charge in [-0.25, -0.2) is 0 Å². The lowest BCUT2D eigenvalue weighted by Crippen LogP contribution is -2.35. The van der Waals surface area contributed by atoms with Crippen LogP contribution in [-0.2, 0) is 14.4 Å². The number of halogens is 1. The smallest absolute Gasteiger partial charge is 0.233 e. The van der Waals surface area contributed by atoms with E-state index in [2.05, 4.69) is 21.2 Å². The first kappa shape index (κ1) is 17.7. The molecule has 2 saturated carbocycles. The number of amides is 3. The number of nitrogens with one attached hydrogen (secondary N) is 1. The van der Waals surface area contributed by atoms with Crippen LogP contribution in [0.15, 0.2) is 16.6 Å². The average Bonchev–Trinajstić information content (AvgIpc) is 3.28. The van der Waals surface area contributed by atoms with E-state index in [1.165, 1.54) is 4.90 Å². The number of hydrogen-bond donors (Lipinski definition) is 1. The van der Waals surface area contributed by atoms with Crippen molar-refractivity contribution < 1.29 is 14.4 Å². The Labute approximate surface area is 161 Å². The summed E-state index contributed by atoms with van der Waals surface area (Å²) in [7, 11) is 0. The zero-order chi connectivity index (χ0) is 18.6. The molecule has 2 aliphatic carbocycles. The SMILES string of the molecule is Cc1c(Br)ccc(NC(=O)CCN2C(=O)[C@@H]3[C@@H]4CC[C@@H](C4)[C@@H]3C2=O)c1C. The second-order valence-corrected chi connectivity index (χ2v) is 8.71. The molecule has 4 atom stereocenters. The molecule has 3 fully saturated rings. The molecule has 1 aliphatic heterocycles. The molecule has 4 rings (SSSR count). The van der Waals surface area contributed by atoms with Gasteiger partial charge < -0.3 is 5.32 Å². The van der Waals surface area contributed by atoms with Gasteiger partial charge in [-0.2, -0.15) is 0 Å². The van der Waals surface area contributed by atoms with Crippen LogP contribution in [0.2, 0.25) is 0 Å². The zero-order valence-electron chi connectivity index (χ0n) is 15.0. The standard InChI is InChI=1S/C20H23BrN2O3/c1-10-11(2)15(6-5-14(10)21)22-16(24)7-8-23-19(25)17-12-3-4-13(9-12)18(17)20(23)26/h5-6,12-13,17-18H,3-4,7-9H2,1-2H3,(H,22,24)/t12-,13+,17-,18+. The average molecular weight is 419 g/mol. The Morgan fingerprint density at radius 1 is 1.12 bits per heavy atom. The Kier molecular flexibility index (Phi) is 4.41. The molecule has 2 bridgehead atoms. The topological polar surface area (TPSA) is 66.5 Å². The quantitative estimate of drug-likeness (QED) is 0.761. The second-order valence-electron chi connectivity index (χ2n) is 7.86. The van der Waals surface area contributed by atoms with Crippen LogP contribution in [-0.4, -0.2) is 29.2 Å². The molecule has 26 heavy (non-hydrogen) atoms. The summed E-state index contributed by atoms with van der Waals surface area (Å²) >= 11 is 3.48. The predicted molar refractivity (Wildman–Crippen MR) is 101 cm³/mol. The molecule has 0 aromatic heterocycles. The number of rotatable bonds is 4. The first-order valence-corrected chi connectivity index (χ1v) is 10.1. The molecule has 6 heteroatoms. The van der Waals surface area contributed by atoms with Crippen molar-refractivity contribution in [2.45, 2.75) is 39.5 Å². The maximum Gasteiger partial charge on any atom is 0.233 e. The minimum absolute atomic E-state index is 0.0457. The minimum atomic E-state index is -0.171. The first-order valence-electron chi connectivity index (χ1n) is 9.29. The normalized spacial score (nSPS) is 29.4. The highest BCUT2D eigenvalue weighted by Gasteiger charge is 2.60. The maximum atomic E-state index is 12.7. The van der Waals surface area contributed by atoms with Crippen molar-refractivity contribution in [3.63, 3.8) is 0 Å². The number of benzene rings is 1. The molecule has 138 valence electrons.